The maximum atomic E-state index is 12.8. The van der Waals surface area contributed by atoms with Crippen molar-refractivity contribution in [2.75, 3.05) is 11.9 Å². The van der Waals surface area contributed by atoms with Crippen LogP contribution in [0.15, 0.2) is 54.9 Å². The lowest BCUT2D eigenvalue weighted by Gasteiger charge is -2.08. The van der Waals surface area contributed by atoms with E-state index in [1.807, 2.05) is 27.7 Å². The van der Waals surface area contributed by atoms with E-state index in [4.69, 9.17) is 4.74 Å². The fourth-order valence-corrected chi connectivity index (χ4v) is 2.75. The van der Waals surface area contributed by atoms with Crippen molar-refractivity contribution in [3.8, 4) is 5.75 Å². The van der Waals surface area contributed by atoms with Crippen LogP contribution >= 0.6 is 0 Å². The normalized spacial score (nSPS) is 15.9. The fourth-order valence-electron chi connectivity index (χ4n) is 2.75. The number of aryl methyl sites for hydroxylation is 2. The molecule has 1 fully saturated rings. The molecule has 8 heteroatoms. The molecule has 0 aliphatic heterocycles. The maximum Gasteiger partial charge on any atom is 0.229 e. The first-order chi connectivity index (χ1) is 15.4. The smallest absolute Gasteiger partial charge is 0.229 e. The summed E-state index contributed by atoms with van der Waals surface area (Å²) < 4.78 is 30.4. The van der Waals surface area contributed by atoms with E-state index in [2.05, 4.69) is 20.3 Å². The van der Waals surface area contributed by atoms with Gasteiger partial charge in [0.1, 0.15) is 23.3 Å². The molecule has 170 valence electrons. The molecule has 0 radical (unpaired) electrons. The molecule has 4 rings (SSSR count). The van der Waals surface area contributed by atoms with Crippen LogP contribution in [0.25, 0.3) is 0 Å². The Balaban J connectivity index is 0.000000340. The second-order valence-electron chi connectivity index (χ2n) is 6.93. The summed E-state index contributed by atoms with van der Waals surface area (Å²) in [6, 6.07) is 10.6. The van der Waals surface area contributed by atoms with Crippen molar-refractivity contribution in [2.24, 2.45) is 11.8 Å². The largest absolute Gasteiger partial charge is 0.490 e. The minimum absolute atomic E-state index is 0.103. The quantitative estimate of drug-likeness (QED) is 0.593. The fraction of sp³-hybridized carbons (Fsp3) is 0.333. The second kappa shape index (κ2) is 12.4. The van der Waals surface area contributed by atoms with Gasteiger partial charge in [-0.2, -0.15) is 0 Å². The van der Waals surface area contributed by atoms with Gasteiger partial charge in [0.25, 0.3) is 0 Å². The lowest BCUT2D eigenvalue weighted by atomic mass is 10.3. The van der Waals surface area contributed by atoms with E-state index in [-0.39, 0.29) is 23.6 Å². The monoisotopic (exact) mass is 442 g/mol. The van der Waals surface area contributed by atoms with Crippen molar-refractivity contribution in [1.29, 1.82) is 0 Å². The van der Waals surface area contributed by atoms with Crippen LogP contribution in [0.5, 0.6) is 5.75 Å². The van der Waals surface area contributed by atoms with Gasteiger partial charge in [-0.25, -0.2) is 23.7 Å². The molecule has 1 aliphatic carbocycles. The van der Waals surface area contributed by atoms with Crippen molar-refractivity contribution in [3.05, 3.63) is 78.0 Å². The second-order valence-corrected chi connectivity index (χ2v) is 6.93. The average molecular weight is 443 g/mol. The minimum atomic E-state index is -0.434. The molecule has 2 unspecified atom stereocenters. The third kappa shape index (κ3) is 8.02. The first kappa shape index (κ1) is 24.8. The lowest BCUT2D eigenvalue weighted by molar-refractivity contribution is -0.117. The molecule has 6 nitrogen and oxygen atoms in total. The highest BCUT2D eigenvalue weighted by atomic mass is 19.1. The van der Waals surface area contributed by atoms with E-state index in [0.29, 0.717) is 24.0 Å². The lowest BCUT2D eigenvalue weighted by Crippen LogP contribution is -2.17. The topological polar surface area (TPSA) is 77.0 Å². The van der Waals surface area contributed by atoms with Gasteiger partial charge in [-0.15, -0.1) is 0 Å². The zero-order chi connectivity index (χ0) is 23.5. The molecule has 1 N–H and O–H groups in total. The molecular weight excluding hydrogens is 414 g/mol. The number of hydrogen-bond donors (Lipinski definition) is 1. The highest BCUT2D eigenvalue weighted by molar-refractivity contribution is 5.93. The summed E-state index contributed by atoms with van der Waals surface area (Å²) in [6.45, 7) is 8.13. The highest BCUT2D eigenvalue weighted by Gasteiger charge is 2.43. The van der Waals surface area contributed by atoms with Crippen LogP contribution in [-0.2, 0) is 4.79 Å². The number of rotatable bonds is 5. The number of carbonyl (C=O) groups excluding carboxylic acids is 1. The van der Waals surface area contributed by atoms with Crippen molar-refractivity contribution >= 4 is 11.7 Å². The molecule has 1 saturated carbocycles. The molecule has 2 aromatic heterocycles. The van der Waals surface area contributed by atoms with Crippen LogP contribution in [0, 0.1) is 37.3 Å². The molecule has 32 heavy (non-hydrogen) atoms. The Hall–Kier alpha value is -3.42. The molecule has 2 atom stereocenters. The van der Waals surface area contributed by atoms with Crippen molar-refractivity contribution in [3.63, 3.8) is 0 Å². The van der Waals surface area contributed by atoms with Gasteiger partial charge >= 0.3 is 0 Å². The SMILES string of the molecule is CC.Cc1ncc(OCC2CC2C(=O)Nc2ccc(F)cn2)c(C)n1.Fc1ccccc1. The third-order valence-electron chi connectivity index (χ3n) is 4.48. The number of pyridine rings is 1. The van der Waals surface area contributed by atoms with Crippen LogP contribution in [0.3, 0.4) is 0 Å². The van der Waals surface area contributed by atoms with Crippen LogP contribution in [-0.4, -0.2) is 27.5 Å². The first-order valence-corrected chi connectivity index (χ1v) is 10.5. The summed E-state index contributed by atoms with van der Waals surface area (Å²) in [5, 5.41) is 2.68. The number of nitrogens with zero attached hydrogens (tertiary/aromatic N) is 3. The Kier molecular flexibility index (Phi) is 9.66. The summed E-state index contributed by atoms with van der Waals surface area (Å²) in [6.07, 6.45) is 3.49. The summed E-state index contributed by atoms with van der Waals surface area (Å²) in [4.78, 5) is 24.2. The number of nitrogens with one attached hydrogen (secondary N) is 1. The van der Waals surface area contributed by atoms with E-state index < -0.39 is 5.82 Å². The minimum Gasteiger partial charge on any atom is -0.490 e. The Morgan fingerprint density at radius 3 is 2.31 bits per heavy atom. The van der Waals surface area contributed by atoms with Crippen molar-refractivity contribution in [1.82, 2.24) is 15.0 Å². The predicted octanol–water partition coefficient (Wildman–Crippen LogP) is 5.13. The number of aromatic nitrogens is 3. The molecule has 1 amide bonds. The van der Waals surface area contributed by atoms with Crippen LogP contribution in [0.2, 0.25) is 0 Å². The molecule has 0 spiro atoms. The van der Waals surface area contributed by atoms with Gasteiger partial charge in [0.15, 0.2) is 5.75 Å². The standard InChI is InChI=1S/C16H17FN4O2.C6H5F.C2H6/c1-9-14(7-18-10(2)20-9)23-8-11-5-13(11)16(22)21-15-4-3-12(17)6-19-15;7-6-4-2-1-3-5-6;1-2/h3-4,6-7,11,13H,5,8H2,1-2H3,(H,19,21,22);1-5H;1-2H3. The Bertz CT molecular complexity index is 985. The van der Waals surface area contributed by atoms with Gasteiger partial charge in [0.05, 0.1) is 24.7 Å². The Labute approximate surface area is 187 Å². The maximum absolute atomic E-state index is 12.8. The average Bonchev–Trinajstić information content (AvgIpc) is 3.57. The zero-order valence-corrected chi connectivity index (χ0v) is 18.7. The van der Waals surface area contributed by atoms with Gasteiger partial charge < -0.3 is 10.1 Å². The first-order valence-electron chi connectivity index (χ1n) is 10.5. The number of ether oxygens (including phenoxy) is 1. The van der Waals surface area contributed by atoms with Crippen LogP contribution in [0.1, 0.15) is 31.8 Å². The van der Waals surface area contributed by atoms with E-state index in [1.54, 1.807) is 24.4 Å². The molecular formula is C24H28F2N4O2. The van der Waals surface area contributed by atoms with Gasteiger partial charge in [0.2, 0.25) is 5.91 Å². The summed E-state index contributed by atoms with van der Waals surface area (Å²) >= 11 is 0. The van der Waals surface area contributed by atoms with E-state index >= 15 is 0 Å². The summed E-state index contributed by atoms with van der Waals surface area (Å²) in [5.74, 6) is 1.02. The molecule has 2 heterocycles. The number of carbonyl (C=O) groups is 1. The molecule has 0 saturated heterocycles. The molecule has 3 aromatic rings. The van der Waals surface area contributed by atoms with Crippen molar-refractivity contribution < 1.29 is 18.3 Å². The van der Waals surface area contributed by atoms with E-state index in [9.17, 15) is 13.6 Å². The Morgan fingerprint density at radius 1 is 1.03 bits per heavy atom. The highest BCUT2D eigenvalue weighted by Crippen LogP contribution is 2.39. The number of hydrogen-bond acceptors (Lipinski definition) is 5. The van der Waals surface area contributed by atoms with Crippen LogP contribution in [0.4, 0.5) is 14.6 Å². The van der Waals surface area contributed by atoms with E-state index in [1.165, 1.54) is 24.3 Å². The number of anilines is 1. The number of amides is 1. The molecule has 0 bridgehead atoms. The summed E-state index contributed by atoms with van der Waals surface area (Å²) in [7, 11) is 0. The van der Waals surface area contributed by atoms with Gasteiger partial charge in [0, 0.05) is 11.8 Å². The van der Waals surface area contributed by atoms with E-state index in [0.717, 1.165) is 18.3 Å². The van der Waals surface area contributed by atoms with Gasteiger partial charge in [-0.05, 0) is 44.5 Å². The Morgan fingerprint density at radius 2 is 1.75 bits per heavy atom. The number of halogens is 2. The third-order valence-corrected chi connectivity index (χ3v) is 4.48. The predicted molar refractivity (Wildman–Crippen MR) is 119 cm³/mol. The van der Waals surface area contributed by atoms with Crippen molar-refractivity contribution in [2.45, 2.75) is 34.1 Å². The molecule has 1 aliphatic rings. The number of benzene rings is 1. The van der Waals surface area contributed by atoms with Crippen LogP contribution < -0.4 is 10.1 Å². The van der Waals surface area contributed by atoms with Gasteiger partial charge in [-0.3, -0.25) is 4.79 Å². The zero-order valence-electron chi connectivity index (χ0n) is 18.7. The molecule has 1 aromatic carbocycles. The van der Waals surface area contributed by atoms with Gasteiger partial charge in [-0.1, -0.05) is 32.0 Å². The summed E-state index contributed by atoms with van der Waals surface area (Å²) in [5.41, 5.74) is 0.787.